The fraction of sp³-hybridized carbons (Fsp3) is 0.519. The maximum Gasteiger partial charge on any atom is 0.230 e. The molecule has 2 amide bonds. The summed E-state index contributed by atoms with van der Waals surface area (Å²) in [6, 6.07) is 8.16. The first kappa shape index (κ1) is 24.2. The predicted molar refractivity (Wildman–Crippen MR) is 135 cm³/mol. The first-order valence-corrected chi connectivity index (χ1v) is 12.8. The van der Waals surface area contributed by atoms with Crippen molar-refractivity contribution in [2.24, 2.45) is 11.8 Å². The number of amides is 2. The van der Waals surface area contributed by atoms with E-state index in [-0.39, 0.29) is 23.8 Å². The number of hydrogen-bond donors (Lipinski definition) is 1. The van der Waals surface area contributed by atoms with Gasteiger partial charge in [0.1, 0.15) is 5.82 Å². The highest BCUT2D eigenvalue weighted by molar-refractivity contribution is 5.94. The lowest BCUT2D eigenvalue weighted by Crippen LogP contribution is -2.31. The number of anilines is 1. The molecule has 1 saturated carbocycles. The molecule has 2 aromatic heterocycles. The summed E-state index contributed by atoms with van der Waals surface area (Å²) in [7, 11) is 0. The van der Waals surface area contributed by atoms with E-state index >= 15 is 0 Å². The Morgan fingerprint density at radius 3 is 2.58 bits per heavy atom. The van der Waals surface area contributed by atoms with Crippen molar-refractivity contribution in [3.05, 3.63) is 46.9 Å². The highest BCUT2D eigenvalue weighted by Gasteiger charge is 2.44. The second-order valence-corrected chi connectivity index (χ2v) is 10.7. The topological polar surface area (TPSA) is 106 Å². The van der Waals surface area contributed by atoms with Crippen LogP contribution in [0.25, 0.3) is 11.6 Å². The zero-order valence-corrected chi connectivity index (χ0v) is 21.6. The Morgan fingerprint density at radius 2 is 1.92 bits per heavy atom. The Bertz CT molecular complexity index is 1290. The smallest absolute Gasteiger partial charge is 0.230 e. The van der Waals surface area contributed by atoms with Crippen LogP contribution in [0.4, 0.5) is 5.69 Å². The molecule has 190 valence electrons. The fourth-order valence-electron chi connectivity index (χ4n) is 5.12. The van der Waals surface area contributed by atoms with Crippen LogP contribution in [-0.4, -0.2) is 49.7 Å². The molecule has 9 nitrogen and oxygen atoms in total. The van der Waals surface area contributed by atoms with E-state index in [2.05, 4.69) is 39.1 Å². The van der Waals surface area contributed by atoms with Crippen molar-refractivity contribution in [1.82, 2.24) is 24.8 Å². The number of nitrogens with one attached hydrogen (secondary N) is 1. The van der Waals surface area contributed by atoms with Crippen molar-refractivity contribution in [2.45, 2.75) is 65.8 Å². The number of hydrogen-bond acceptors (Lipinski definition) is 6. The van der Waals surface area contributed by atoms with Crippen molar-refractivity contribution in [3.8, 4) is 11.6 Å². The lowest BCUT2D eigenvalue weighted by molar-refractivity contribution is -0.128. The maximum atomic E-state index is 13.5. The monoisotopic (exact) mass is 490 g/mol. The molecular weight excluding hydrogens is 456 g/mol. The molecule has 2 fully saturated rings. The molecule has 3 aromatic rings. The normalized spacial score (nSPS) is 19.8. The average Bonchev–Trinajstić information content (AvgIpc) is 3.20. The van der Waals surface area contributed by atoms with Gasteiger partial charge < -0.3 is 19.3 Å². The third-order valence-corrected chi connectivity index (χ3v) is 7.10. The zero-order chi connectivity index (χ0) is 25.6. The van der Waals surface area contributed by atoms with Crippen LogP contribution in [0, 0.1) is 25.7 Å². The molecule has 1 N–H and O–H groups in total. The first-order chi connectivity index (χ1) is 17.2. The van der Waals surface area contributed by atoms with Crippen molar-refractivity contribution in [3.63, 3.8) is 0 Å². The molecule has 2 aliphatic rings. The highest BCUT2D eigenvalue weighted by Crippen LogP contribution is 2.43. The van der Waals surface area contributed by atoms with E-state index in [1.807, 2.05) is 38.1 Å². The fourth-order valence-corrected chi connectivity index (χ4v) is 5.12. The van der Waals surface area contributed by atoms with E-state index in [0.29, 0.717) is 30.6 Å². The van der Waals surface area contributed by atoms with Crippen molar-refractivity contribution < 1.29 is 14.1 Å². The molecule has 1 aromatic carbocycles. The van der Waals surface area contributed by atoms with E-state index in [1.54, 1.807) is 11.8 Å². The molecule has 3 heterocycles. The Balaban J connectivity index is 1.47. The number of rotatable bonds is 7. The highest BCUT2D eigenvalue weighted by atomic mass is 16.5. The second kappa shape index (κ2) is 9.52. The lowest BCUT2D eigenvalue weighted by atomic mass is 9.93. The van der Waals surface area contributed by atoms with Crippen LogP contribution in [0.15, 0.2) is 28.8 Å². The summed E-state index contributed by atoms with van der Waals surface area (Å²) in [6.07, 6.45) is 2.87. The van der Waals surface area contributed by atoms with E-state index in [0.717, 1.165) is 47.6 Å². The molecule has 2 atom stereocenters. The molecule has 1 aliphatic carbocycles. The minimum absolute atomic E-state index is 0.0481. The first-order valence-electron chi connectivity index (χ1n) is 12.8. The predicted octanol–water partition coefficient (Wildman–Crippen LogP) is 4.28. The number of likely N-dealkylation sites (tertiary alicyclic amines) is 1. The number of aryl methyl sites for hydroxylation is 2. The summed E-state index contributed by atoms with van der Waals surface area (Å²) >= 11 is 0. The van der Waals surface area contributed by atoms with Gasteiger partial charge in [0.25, 0.3) is 0 Å². The molecule has 0 bridgehead atoms. The molecule has 36 heavy (non-hydrogen) atoms. The average molecular weight is 491 g/mol. The molecule has 0 unspecified atom stereocenters. The summed E-state index contributed by atoms with van der Waals surface area (Å²) in [6.45, 7) is 10.6. The van der Waals surface area contributed by atoms with Gasteiger partial charge in [0.2, 0.25) is 23.4 Å². The molecule has 1 aliphatic heterocycles. The molecule has 9 heteroatoms. The van der Waals surface area contributed by atoms with E-state index in [4.69, 9.17) is 4.52 Å². The van der Waals surface area contributed by atoms with Gasteiger partial charge in [-0.05, 0) is 50.7 Å². The van der Waals surface area contributed by atoms with Crippen LogP contribution >= 0.6 is 0 Å². The van der Waals surface area contributed by atoms with Crippen LogP contribution in [0.3, 0.4) is 0 Å². The van der Waals surface area contributed by atoms with Crippen LogP contribution in [0.2, 0.25) is 0 Å². The van der Waals surface area contributed by atoms with Crippen LogP contribution in [0.5, 0.6) is 0 Å². The van der Waals surface area contributed by atoms with E-state index in [9.17, 15) is 9.59 Å². The standard InChI is InChI=1S/C27H34N6O3/c1-15(2)10-19-12-24(36-31-19)26-30-29-25(33(26)20-7-8-20)21-13-32(18(5)34)14-22(21)27(35)28-23-9-6-16(3)11-17(23)4/h6,9,11-12,15,20-22H,7-8,10,13-14H2,1-5H3,(H,28,35)/t21-,22-/m1/s1. The molecular formula is C27H34N6O3. The summed E-state index contributed by atoms with van der Waals surface area (Å²) in [5, 5.41) is 16.4. The van der Waals surface area contributed by atoms with Crippen LogP contribution < -0.4 is 5.32 Å². The quantitative estimate of drug-likeness (QED) is 0.530. The Hall–Kier alpha value is -3.49. The van der Waals surface area contributed by atoms with Gasteiger partial charge in [0, 0.05) is 37.8 Å². The Kier molecular flexibility index (Phi) is 6.40. The third kappa shape index (κ3) is 4.79. The van der Waals surface area contributed by atoms with Gasteiger partial charge in [-0.3, -0.25) is 9.59 Å². The van der Waals surface area contributed by atoms with Gasteiger partial charge in [-0.2, -0.15) is 0 Å². The Morgan fingerprint density at radius 1 is 1.14 bits per heavy atom. The summed E-state index contributed by atoms with van der Waals surface area (Å²) in [5.41, 5.74) is 3.82. The molecule has 5 rings (SSSR count). The molecule has 0 spiro atoms. The summed E-state index contributed by atoms with van der Waals surface area (Å²) < 4.78 is 7.78. The number of carbonyl (C=O) groups excluding carboxylic acids is 2. The summed E-state index contributed by atoms with van der Waals surface area (Å²) in [5.74, 6) is 1.58. The lowest BCUT2D eigenvalue weighted by Gasteiger charge is -2.19. The minimum Gasteiger partial charge on any atom is -0.353 e. The van der Waals surface area contributed by atoms with Crippen molar-refractivity contribution in [2.75, 3.05) is 18.4 Å². The van der Waals surface area contributed by atoms with E-state index in [1.165, 1.54) is 0 Å². The van der Waals surface area contributed by atoms with Gasteiger partial charge in [-0.15, -0.1) is 10.2 Å². The minimum atomic E-state index is -0.435. The number of nitrogens with zero attached hydrogens (tertiary/aromatic N) is 5. The van der Waals surface area contributed by atoms with Gasteiger partial charge in [0.05, 0.1) is 17.5 Å². The van der Waals surface area contributed by atoms with Gasteiger partial charge in [0.15, 0.2) is 0 Å². The van der Waals surface area contributed by atoms with Gasteiger partial charge in [-0.1, -0.05) is 36.7 Å². The van der Waals surface area contributed by atoms with Crippen molar-refractivity contribution in [1.29, 1.82) is 0 Å². The third-order valence-electron chi connectivity index (χ3n) is 7.10. The van der Waals surface area contributed by atoms with Gasteiger partial charge >= 0.3 is 0 Å². The number of carbonyl (C=O) groups is 2. The molecule has 1 saturated heterocycles. The van der Waals surface area contributed by atoms with E-state index < -0.39 is 5.92 Å². The number of aromatic nitrogens is 4. The SMILES string of the molecule is CC(=O)N1C[C@@H](C(=O)Nc2ccc(C)cc2C)[C@H](c2nnc(-c3cc(CC(C)C)no3)n2C2CC2)C1. The largest absolute Gasteiger partial charge is 0.353 e. The maximum absolute atomic E-state index is 13.5. The summed E-state index contributed by atoms with van der Waals surface area (Å²) in [4.78, 5) is 27.6. The number of benzene rings is 1. The van der Waals surface area contributed by atoms with Crippen molar-refractivity contribution >= 4 is 17.5 Å². The van der Waals surface area contributed by atoms with Gasteiger partial charge in [-0.25, -0.2) is 0 Å². The zero-order valence-electron chi connectivity index (χ0n) is 21.6. The Labute approximate surface area is 211 Å². The molecule has 0 radical (unpaired) electrons. The second-order valence-electron chi connectivity index (χ2n) is 10.7. The van der Waals surface area contributed by atoms with Crippen LogP contribution in [-0.2, 0) is 16.0 Å². The van der Waals surface area contributed by atoms with Crippen LogP contribution in [0.1, 0.15) is 68.2 Å².